The summed E-state index contributed by atoms with van der Waals surface area (Å²) in [6.45, 7) is 11.4. The van der Waals surface area contributed by atoms with E-state index in [-0.39, 0.29) is 0 Å². The lowest BCUT2D eigenvalue weighted by molar-refractivity contribution is -0.659. The maximum atomic E-state index is 6.83. The minimum absolute atomic E-state index is 0.553. The number of aromatic nitrogens is 1. The number of rotatable bonds is 4. The molecule has 1 aliphatic heterocycles. The summed E-state index contributed by atoms with van der Waals surface area (Å²) in [5.41, 5.74) is 6.52. The summed E-state index contributed by atoms with van der Waals surface area (Å²) >= 11 is 0. The molecule has 0 fully saturated rings. The highest BCUT2D eigenvalue weighted by Gasteiger charge is 2.33. The minimum Gasteiger partial charge on any atom is -0.455 e. The predicted molar refractivity (Wildman–Crippen MR) is 130 cm³/mol. The molecular formula is C29H32NO+. The highest BCUT2D eigenvalue weighted by Crippen LogP contribution is 2.51. The van der Waals surface area contributed by atoms with E-state index in [2.05, 4.69) is 94.9 Å². The van der Waals surface area contributed by atoms with Crippen molar-refractivity contribution >= 4 is 21.5 Å². The van der Waals surface area contributed by atoms with Crippen LogP contribution in [0.15, 0.2) is 48.7 Å². The second kappa shape index (κ2) is 7.37. The van der Waals surface area contributed by atoms with Crippen LogP contribution in [0.4, 0.5) is 0 Å². The minimum atomic E-state index is 0.553. The van der Waals surface area contributed by atoms with Crippen molar-refractivity contribution in [2.75, 3.05) is 0 Å². The van der Waals surface area contributed by atoms with Gasteiger partial charge in [0.2, 0.25) is 5.69 Å². The zero-order valence-corrected chi connectivity index (χ0v) is 19.5. The quantitative estimate of drug-likeness (QED) is 0.283. The van der Waals surface area contributed by atoms with Gasteiger partial charge in [0.15, 0.2) is 6.20 Å². The lowest BCUT2D eigenvalue weighted by Gasteiger charge is -2.26. The number of hydrogen-bond donors (Lipinski definition) is 0. The fourth-order valence-corrected chi connectivity index (χ4v) is 5.27. The Kier molecular flexibility index (Phi) is 4.77. The zero-order chi connectivity index (χ0) is 21.9. The van der Waals surface area contributed by atoms with Crippen molar-refractivity contribution in [2.45, 2.75) is 47.5 Å². The van der Waals surface area contributed by atoms with Gasteiger partial charge in [-0.2, -0.15) is 0 Å². The Balaban J connectivity index is 1.90. The van der Waals surface area contributed by atoms with Gasteiger partial charge in [-0.3, -0.25) is 0 Å². The smallest absolute Gasteiger partial charge is 0.228 e. The summed E-state index contributed by atoms with van der Waals surface area (Å²) < 4.78 is 9.11. The molecule has 0 saturated heterocycles. The number of benzene rings is 3. The number of hydrogen-bond acceptors (Lipinski definition) is 1. The molecule has 0 unspecified atom stereocenters. The molecule has 2 heterocycles. The van der Waals surface area contributed by atoms with Crippen LogP contribution >= 0.6 is 0 Å². The van der Waals surface area contributed by atoms with E-state index in [0.717, 1.165) is 24.3 Å². The van der Waals surface area contributed by atoms with Gasteiger partial charge in [0, 0.05) is 11.6 Å². The normalized spacial score (nSPS) is 12.6. The van der Waals surface area contributed by atoms with Crippen LogP contribution in [-0.4, -0.2) is 0 Å². The maximum absolute atomic E-state index is 6.83. The summed E-state index contributed by atoms with van der Waals surface area (Å²) in [4.78, 5) is 0. The van der Waals surface area contributed by atoms with Gasteiger partial charge in [-0.05, 0) is 65.0 Å². The van der Waals surface area contributed by atoms with Crippen molar-refractivity contribution in [1.29, 1.82) is 0 Å². The fourth-order valence-electron chi connectivity index (χ4n) is 5.27. The van der Waals surface area contributed by atoms with Gasteiger partial charge in [0.25, 0.3) is 0 Å². The first kappa shape index (κ1) is 20.1. The lowest BCUT2D eigenvalue weighted by atomic mass is 9.86. The third kappa shape index (κ3) is 3.20. The van der Waals surface area contributed by atoms with Crippen molar-refractivity contribution in [1.82, 2.24) is 0 Å². The molecule has 0 radical (unpaired) electrons. The van der Waals surface area contributed by atoms with Crippen LogP contribution in [0.1, 0.15) is 44.4 Å². The van der Waals surface area contributed by atoms with Crippen molar-refractivity contribution in [2.24, 2.45) is 18.9 Å². The van der Waals surface area contributed by atoms with Gasteiger partial charge in [-0.1, -0.05) is 58.0 Å². The molecule has 2 nitrogen and oxygen atoms in total. The number of aryl methyl sites for hydroxylation is 2. The van der Waals surface area contributed by atoms with E-state index in [0.29, 0.717) is 11.8 Å². The molecule has 0 atom stereocenters. The Morgan fingerprint density at radius 2 is 1.61 bits per heavy atom. The molecule has 2 heteroatoms. The van der Waals surface area contributed by atoms with Crippen molar-refractivity contribution in [3.05, 3.63) is 65.4 Å². The summed E-state index contributed by atoms with van der Waals surface area (Å²) in [5, 5.41) is 5.16. The Morgan fingerprint density at radius 1 is 0.903 bits per heavy atom. The van der Waals surface area contributed by atoms with Crippen molar-refractivity contribution in [3.8, 4) is 22.8 Å². The van der Waals surface area contributed by atoms with Crippen LogP contribution < -0.4 is 9.30 Å². The zero-order valence-electron chi connectivity index (χ0n) is 19.5. The average molecular weight is 411 g/mol. The second-order valence-corrected chi connectivity index (χ2v) is 9.98. The van der Waals surface area contributed by atoms with Crippen LogP contribution in [0.2, 0.25) is 0 Å². The van der Waals surface area contributed by atoms with Crippen LogP contribution in [0.5, 0.6) is 11.5 Å². The highest BCUT2D eigenvalue weighted by atomic mass is 16.5. The highest BCUT2D eigenvalue weighted by molar-refractivity contribution is 6.06. The van der Waals surface area contributed by atoms with Gasteiger partial charge in [0.1, 0.15) is 18.5 Å². The van der Waals surface area contributed by atoms with Gasteiger partial charge in [0.05, 0.1) is 10.9 Å². The maximum Gasteiger partial charge on any atom is 0.228 e. The van der Waals surface area contributed by atoms with Crippen LogP contribution in [0.3, 0.4) is 0 Å². The number of ether oxygens (including phenoxy) is 1. The molecule has 0 N–H and O–H groups in total. The molecule has 0 spiro atoms. The predicted octanol–water partition coefficient (Wildman–Crippen LogP) is 7.30. The summed E-state index contributed by atoms with van der Waals surface area (Å²) in [6.07, 6.45) is 4.27. The average Bonchev–Trinajstić information content (AvgIpc) is 2.72. The van der Waals surface area contributed by atoms with E-state index < -0.39 is 0 Å². The molecule has 1 aromatic heterocycles. The molecule has 158 valence electrons. The van der Waals surface area contributed by atoms with Gasteiger partial charge < -0.3 is 4.74 Å². The Bertz CT molecular complexity index is 1330. The molecule has 1 aliphatic rings. The summed E-state index contributed by atoms with van der Waals surface area (Å²) in [6, 6.07) is 15.7. The molecule has 0 aliphatic carbocycles. The van der Waals surface area contributed by atoms with E-state index in [1.807, 2.05) is 0 Å². The lowest BCUT2D eigenvalue weighted by Crippen LogP contribution is -2.32. The van der Waals surface area contributed by atoms with Crippen molar-refractivity contribution < 1.29 is 9.30 Å². The van der Waals surface area contributed by atoms with Crippen molar-refractivity contribution in [3.63, 3.8) is 0 Å². The largest absolute Gasteiger partial charge is 0.455 e. The van der Waals surface area contributed by atoms with E-state index in [1.165, 1.54) is 49.5 Å². The molecule has 5 rings (SSSR count). The molecular weight excluding hydrogens is 378 g/mol. The first-order chi connectivity index (χ1) is 14.8. The number of pyridine rings is 1. The third-order valence-electron chi connectivity index (χ3n) is 6.50. The Morgan fingerprint density at radius 3 is 2.32 bits per heavy atom. The third-order valence-corrected chi connectivity index (χ3v) is 6.50. The molecule has 31 heavy (non-hydrogen) atoms. The monoisotopic (exact) mass is 410 g/mol. The molecule has 4 aromatic rings. The summed E-state index contributed by atoms with van der Waals surface area (Å²) in [7, 11) is 2.16. The Hall–Kier alpha value is -2.87. The molecule has 0 amide bonds. The van der Waals surface area contributed by atoms with E-state index in [4.69, 9.17) is 4.74 Å². The van der Waals surface area contributed by atoms with Crippen LogP contribution in [0.25, 0.3) is 32.8 Å². The number of nitrogens with zero attached hydrogens (tertiary/aromatic N) is 1. The fraction of sp³-hybridized carbons (Fsp3) is 0.345. The molecule has 0 bridgehead atoms. The topological polar surface area (TPSA) is 13.1 Å². The summed E-state index contributed by atoms with van der Waals surface area (Å²) in [5.74, 6) is 3.23. The van der Waals surface area contributed by atoms with Gasteiger partial charge >= 0.3 is 0 Å². The standard InChI is InChI=1S/C29H32NO/c1-17(2)13-20-15-21-11-12-30(6)28-26-19(5)22-9-7-8-10-23(22)24(14-18(3)4)29(26)31-25(16-20)27(21)28/h7-12,15-18H,13-14H2,1-6H3/q+1. The molecule has 3 aromatic carbocycles. The van der Waals surface area contributed by atoms with Gasteiger partial charge in [-0.15, -0.1) is 0 Å². The first-order valence-electron chi connectivity index (χ1n) is 11.5. The van der Waals surface area contributed by atoms with E-state index >= 15 is 0 Å². The SMILES string of the molecule is Cc1c2c(c(CC(C)C)c3ccccc13)Oc1cc(CC(C)C)cc3cc[n+](C)c-2c13. The van der Waals surface area contributed by atoms with E-state index in [9.17, 15) is 0 Å². The van der Waals surface area contributed by atoms with E-state index in [1.54, 1.807) is 0 Å². The Labute approximate surface area is 185 Å². The van der Waals surface area contributed by atoms with Gasteiger partial charge in [-0.25, -0.2) is 4.57 Å². The second-order valence-electron chi connectivity index (χ2n) is 9.98. The number of fused-ring (bicyclic) bond motifs is 3. The first-order valence-corrected chi connectivity index (χ1v) is 11.5. The van der Waals surface area contributed by atoms with Crippen LogP contribution in [0, 0.1) is 18.8 Å². The van der Waals surface area contributed by atoms with Crippen LogP contribution in [-0.2, 0) is 19.9 Å². The molecule has 0 saturated carbocycles.